The Balaban J connectivity index is 1.57. The predicted molar refractivity (Wildman–Crippen MR) is 91.3 cm³/mol. The molecule has 122 valence electrons. The third-order valence-electron chi connectivity index (χ3n) is 3.48. The van der Waals surface area contributed by atoms with Gasteiger partial charge in [0.05, 0.1) is 11.9 Å². The van der Waals surface area contributed by atoms with Crippen molar-refractivity contribution in [3.63, 3.8) is 0 Å². The molecule has 6 nitrogen and oxygen atoms in total. The van der Waals surface area contributed by atoms with Crippen molar-refractivity contribution in [3.8, 4) is 11.6 Å². The molecule has 2 heterocycles. The van der Waals surface area contributed by atoms with Crippen LogP contribution in [-0.4, -0.2) is 27.3 Å². The number of rotatable bonds is 6. The van der Waals surface area contributed by atoms with Crippen LogP contribution in [0.2, 0.25) is 0 Å². The quantitative estimate of drug-likeness (QED) is 0.757. The van der Waals surface area contributed by atoms with E-state index in [1.165, 1.54) is 0 Å². The molecule has 3 rings (SSSR count). The zero-order valence-corrected chi connectivity index (χ0v) is 13.3. The number of aromatic nitrogens is 3. The number of ether oxygens (including phenoxy) is 1. The molecule has 3 aromatic rings. The first-order chi connectivity index (χ1) is 11.8. The van der Waals surface area contributed by atoms with Crippen molar-refractivity contribution >= 4 is 11.6 Å². The average Bonchev–Trinajstić information content (AvgIpc) is 3.15. The summed E-state index contributed by atoms with van der Waals surface area (Å²) in [7, 11) is 0. The average molecular weight is 322 g/mol. The zero-order valence-electron chi connectivity index (χ0n) is 13.3. The topological polar surface area (TPSA) is 69.0 Å². The van der Waals surface area contributed by atoms with Crippen LogP contribution in [0.25, 0.3) is 5.82 Å². The minimum absolute atomic E-state index is 0.0437. The number of aryl methyl sites for hydroxylation is 1. The van der Waals surface area contributed by atoms with E-state index < -0.39 is 0 Å². The fraction of sp³-hybridized carbons (Fsp3) is 0.167. The summed E-state index contributed by atoms with van der Waals surface area (Å²) >= 11 is 0. The smallest absolute Gasteiger partial charge is 0.262 e. The van der Waals surface area contributed by atoms with Crippen LogP contribution >= 0.6 is 0 Å². The van der Waals surface area contributed by atoms with Gasteiger partial charge in [0.25, 0.3) is 5.91 Å². The van der Waals surface area contributed by atoms with Gasteiger partial charge in [0, 0.05) is 12.4 Å². The lowest BCUT2D eigenvalue weighted by Crippen LogP contribution is -2.20. The Morgan fingerprint density at radius 3 is 2.79 bits per heavy atom. The van der Waals surface area contributed by atoms with Gasteiger partial charge in [0.1, 0.15) is 5.75 Å². The highest BCUT2D eigenvalue weighted by Gasteiger charge is 2.07. The summed E-state index contributed by atoms with van der Waals surface area (Å²) in [5, 5.41) is 6.87. The molecule has 0 radical (unpaired) electrons. The van der Waals surface area contributed by atoms with Crippen LogP contribution in [0.15, 0.2) is 61.1 Å². The van der Waals surface area contributed by atoms with Crippen LogP contribution < -0.4 is 10.1 Å². The maximum atomic E-state index is 12.0. The third-order valence-corrected chi connectivity index (χ3v) is 3.48. The van der Waals surface area contributed by atoms with E-state index in [1.54, 1.807) is 35.4 Å². The molecule has 24 heavy (non-hydrogen) atoms. The fourth-order valence-corrected chi connectivity index (χ4v) is 2.28. The van der Waals surface area contributed by atoms with Gasteiger partial charge in [-0.25, -0.2) is 9.67 Å². The Morgan fingerprint density at radius 1 is 1.21 bits per heavy atom. The monoisotopic (exact) mass is 322 g/mol. The van der Waals surface area contributed by atoms with Gasteiger partial charge in [-0.15, -0.1) is 0 Å². The number of carbonyl (C=O) groups is 1. The van der Waals surface area contributed by atoms with Crippen molar-refractivity contribution in [2.24, 2.45) is 0 Å². The van der Waals surface area contributed by atoms with E-state index in [-0.39, 0.29) is 12.5 Å². The van der Waals surface area contributed by atoms with Crippen LogP contribution in [-0.2, 0) is 11.2 Å². The van der Waals surface area contributed by atoms with Crippen LogP contribution in [0.5, 0.6) is 5.75 Å². The highest BCUT2D eigenvalue weighted by atomic mass is 16.5. The van der Waals surface area contributed by atoms with E-state index >= 15 is 0 Å². The number of pyridine rings is 1. The predicted octanol–water partition coefficient (Wildman–Crippen LogP) is 2.85. The second-order valence-corrected chi connectivity index (χ2v) is 5.15. The van der Waals surface area contributed by atoms with Crippen LogP contribution in [0.3, 0.4) is 0 Å². The summed E-state index contributed by atoms with van der Waals surface area (Å²) in [6, 6.07) is 13.1. The standard InChI is InChI=1S/C18H18N4O2/c1-2-14-6-3-4-7-16(14)24-13-18(23)21-15-8-9-17(19-12-15)22-11-5-10-20-22/h3-12H,2,13H2,1H3,(H,21,23). The number of anilines is 1. The first-order valence-electron chi connectivity index (χ1n) is 7.73. The highest BCUT2D eigenvalue weighted by Crippen LogP contribution is 2.18. The Bertz CT molecular complexity index is 798. The summed E-state index contributed by atoms with van der Waals surface area (Å²) < 4.78 is 7.25. The minimum atomic E-state index is -0.227. The number of nitrogens with zero attached hydrogens (tertiary/aromatic N) is 3. The minimum Gasteiger partial charge on any atom is -0.483 e. The number of carbonyl (C=O) groups excluding carboxylic acids is 1. The van der Waals surface area contributed by atoms with Crippen molar-refractivity contribution < 1.29 is 9.53 Å². The third kappa shape index (κ3) is 3.78. The van der Waals surface area contributed by atoms with Gasteiger partial charge >= 0.3 is 0 Å². The van der Waals surface area contributed by atoms with Crippen LogP contribution in [0, 0.1) is 0 Å². The van der Waals surface area contributed by atoms with Gasteiger partial charge in [-0.2, -0.15) is 5.10 Å². The van der Waals surface area contributed by atoms with Crippen LogP contribution in [0.1, 0.15) is 12.5 Å². The molecular formula is C18H18N4O2. The lowest BCUT2D eigenvalue weighted by molar-refractivity contribution is -0.118. The molecule has 0 bridgehead atoms. The Labute approximate surface area is 140 Å². The summed E-state index contributed by atoms with van der Waals surface area (Å²) in [5.74, 6) is 1.20. The summed E-state index contributed by atoms with van der Waals surface area (Å²) in [6.07, 6.45) is 5.94. The van der Waals surface area contributed by atoms with Gasteiger partial charge in [-0.05, 0) is 36.2 Å². The van der Waals surface area contributed by atoms with E-state index in [4.69, 9.17) is 4.74 Å². The zero-order chi connectivity index (χ0) is 16.8. The van der Waals surface area contributed by atoms with E-state index in [0.717, 1.165) is 17.7 Å². The molecule has 1 N–H and O–H groups in total. The van der Waals surface area contributed by atoms with Gasteiger partial charge in [-0.3, -0.25) is 4.79 Å². The first kappa shape index (κ1) is 15.7. The second kappa shape index (κ2) is 7.41. The van der Waals surface area contributed by atoms with Crippen molar-refractivity contribution in [3.05, 3.63) is 66.6 Å². The maximum Gasteiger partial charge on any atom is 0.262 e. The fourth-order valence-electron chi connectivity index (χ4n) is 2.28. The SMILES string of the molecule is CCc1ccccc1OCC(=O)Nc1ccc(-n2cccn2)nc1. The number of benzene rings is 1. The van der Waals surface area contributed by atoms with E-state index in [1.807, 2.05) is 30.3 Å². The molecule has 2 aromatic heterocycles. The van der Waals surface area contributed by atoms with E-state index in [0.29, 0.717) is 11.5 Å². The maximum absolute atomic E-state index is 12.0. The molecule has 0 atom stereocenters. The lowest BCUT2D eigenvalue weighted by Gasteiger charge is -2.10. The molecule has 0 aliphatic rings. The van der Waals surface area contributed by atoms with Gasteiger partial charge in [0.2, 0.25) is 0 Å². The van der Waals surface area contributed by atoms with Crippen molar-refractivity contribution in [2.45, 2.75) is 13.3 Å². The largest absolute Gasteiger partial charge is 0.483 e. The molecule has 0 aliphatic heterocycles. The summed E-state index contributed by atoms with van der Waals surface area (Å²) in [6.45, 7) is 2.01. The molecule has 0 aliphatic carbocycles. The highest BCUT2D eigenvalue weighted by molar-refractivity contribution is 5.91. The van der Waals surface area contributed by atoms with Crippen LogP contribution in [0.4, 0.5) is 5.69 Å². The Kier molecular flexibility index (Phi) is 4.86. The summed E-state index contributed by atoms with van der Waals surface area (Å²) in [5.41, 5.74) is 1.69. The normalized spacial score (nSPS) is 10.4. The number of para-hydroxylation sites is 1. The van der Waals surface area contributed by atoms with Gasteiger partial charge in [0.15, 0.2) is 12.4 Å². The number of nitrogens with one attached hydrogen (secondary N) is 1. The summed E-state index contributed by atoms with van der Waals surface area (Å²) in [4.78, 5) is 16.3. The second-order valence-electron chi connectivity index (χ2n) is 5.15. The molecule has 0 spiro atoms. The molecular weight excluding hydrogens is 304 g/mol. The van der Waals surface area contributed by atoms with Crippen molar-refractivity contribution in [2.75, 3.05) is 11.9 Å². The Hall–Kier alpha value is -3.15. The lowest BCUT2D eigenvalue weighted by atomic mass is 10.1. The van der Waals surface area contributed by atoms with Gasteiger partial charge < -0.3 is 10.1 Å². The Morgan fingerprint density at radius 2 is 2.08 bits per heavy atom. The molecule has 0 saturated carbocycles. The molecule has 6 heteroatoms. The molecule has 1 aromatic carbocycles. The van der Waals surface area contributed by atoms with E-state index in [9.17, 15) is 4.79 Å². The number of amides is 1. The van der Waals surface area contributed by atoms with Crippen molar-refractivity contribution in [1.82, 2.24) is 14.8 Å². The first-order valence-corrected chi connectivity index (χ1v) is 7.73. The molecule has 1 amide bonds. The molecule has 0 unspecified atom stereocenters. The molecule has 0 saturated heterocycles. The van der Waals surface area contributed by atoms with Crippen molar-refractivity contribution in [1.29, 1.82) is 0 Å². The number of hydrogen-bond donors (Lipinski definition) is 1. The molecule has 0 fully saturated rings. The van der Waals surface area contributed by atoms with Gasteiger partial charge in [-0.1, -0.05) is 25.1 Å². The number of hydrogen-bond acceptors (Lipinski definition) is 4. The van der Waals surface area contributed by atoms with E-state index in [2.05, 4.69) is 22.3 Å².